The van der Waals surface area contributed by atoms with Gasteiger partial charge in [0.25, 0.3) is 0 Å². The molecule has 0 radical (unpaired) electrons. The van der Waals surface area contributed by atoms with Gasteiger partial charge in [-0.1, -0.05) is 50.2 Å². The molecule has 3 aromatic rings. The summed E-state index contributed by atoms with van der Waals surface area (Å²) >= 11 is 0. The van der Waals surface area contributed by atoms with Gasteiger partial charge in [0.1, 0.15) is 24.2 Å². The third-order valence-electron chi connectivity index (χ3n) is 11.4. The van der Waals surface area contributed by atoms with Crippen molar-refractivity contribution < 1.29 is 47.8 Å². The van der Waals surface area contributed by atoms with Crippen LogP contribution >= 0.6 is 0 Å². The summed E-state index contributed by atoms with van der Waals surface area (Å²) in [6.45, 7) is 13.9. The lowest BCUT2D eigenvalue weighted by Gasteiger charge is -2.31. The molecule has 4 atom stereocenters. The number of methoxy groups -OCH3 is 2. The average Bonchev–Trinajstić information content (AvgIpc) is 3.80. The molecule has 18 heteroatoms. The lowest BCUT2D eigenvalue weighted by atomic mass is 10.0. The number of aromatic nitrogens is 1. The third-order valence-corrected chi connectivity index (χ3v) is 11.4. The standard InChI is InChI=1S/C50H70N8O10/c1-33(2)44(47(63)58-27-15-20-41(58)48(64)67-8)56-46(62)40(31-43(60)66-7)54-45(61)39(19-12-14-26-57(28-29-68-50(4,5)6)32-37-17-11-13-25-51-37)53-42(59)30-35-21-23-36(24-22-35)52-49(65)55-38-18-10-9-16-34(38)3/h9-11,13,16-18,21-25,33,39-41,44H,12,14-15,19-20,26-32H2,1-8H3,(H,53,59)(H,54,61)(H,56,62)(H2,52,55,65)/t39-,40-,41-,44-/m0/s1. The van der Waals surface area contributed by atoms with Crippen molar-refractivity contribution in [3.05, 3.63) is 89.7 Å². The van der Waals surface area contributed by atoms with E-state index < -0.39 is 78.1 Å². The summed E-state index contributed by atoms with van der Waals surface area (Å²) < 4.78 is 15.8. The number of amides is 6. The van der Waals surface area contributed by atoms with Crippen LogP contribution in [0, 0.1) is 12.8 Å². The third kappa shape index (κ3) is 18.0. The number of hydrogen-bond donors (Lipinski definition) is 5. The van der Waals surface area contributed by atoms with Crippen LogP contribution in [-0.4, -0.2) is 127 Å². The quantitative estimate of drug-likeness (QED) is 0.0597. The SMILES string of the molecule is COC(=O)C[C@H](NC(=O)[C@H](CCCCN(CCOC(C)(C)C)Cc1ccccn1)NC(=O)Cc1ccc(NC(=O)Nc2ccccc2C)cc1)C(=O)N[C@H](C(=O)N1CCC[C@H]1C(=O)OC)C(C)C. The number of pyridine rings is 1. The molecule has 0 saturated carbocycles. The molecule has 4 rings (SSSR count). The molecule has 1 saturated heterocycles. The number of carbonyl (C=O) groups is 7. The van der Waals surface area contributed by atoms with E-state index in [0.717, 1.165) is 18.4 Å². The molecule has 0 bridgehead atoms. The van der Waals surface area contributed by atoms with Gasteiger partial charge in [0.2, 0.25) is 23.6 Å². The second-order valence-corrected chi connectivity index (χ2v) is 18.2. The Labute approximate surface area is 400 Å². The Hall–Kier alpha value is -6.40. The highest BCUT2D eigenvalue weighted by molar-refractivity contribution is 6.00. The molecule has 1 aromatic heterocycles. The second kappa shape index (κ2) is 26.8. The Morgan fingerprint density at radius 1 is 0.824 bits per heavy atom. The van der Waals surface area contributed by atoms with Crippen molar-refractivity contribution in [2.24, 2.45) is 5.92 Å². The van der Waals surface area contributed by atoms with E-state index in [4.69, 9.17) is 14.2 Å². The molecular weight excluding hydrogens is 873 g/mol. The topological polar surface area (TPSA) is 227 Å². The van der Waals surface area contributed by atoms with Crippen LogP contribution in [0.1, 0.15) is 90.0 Å². The molecule has 5 N–H and O–H groups in total. The summed E-state index contributed by atoms with van der Waals surface area (Å²) in [6, 6.07) is 14.9. The Kier molecular flexibility index (Phi) is 21.4. The number of anilines is 2. The lowest BCUT2D eigenvalue weighted by Crippen LogP contribution is -2.59. The molecule has 18 nitrogen and oxygen atoms in total. The number of esters is 2. The number of hydrogen-bond acceptors (Lipinski definition) is 12. The second-order valence-electron chi connectivity index (χ2n) is 18.2. The van der Waals surface area contributed by atoms with Crippen LogP contribution in [0.15, 0.2) is 72.9 Å². The summed E-state index contributed by atoms with van der Waals surface area (Å²) in [5, 5.41) is 13.8. The van der Waals surface area contributed by atoms with Crippen LogP contribution in [0.4, 0.5) is 16.2 Å². The van der Waals surface area contributed by atoms with Crippen LogP contribution in [0.5, 0.6) is 0 Å². The smallest absolute Gasteiger partial charge is 0.328 e. The molecular formula is C50H70N8O10. The van der Waals surface area contributed by atoms with Gasteiger partial charge in [-0.05, 0) is 114 Å². The predicted octanol–water partition coefficient (Wildman–Crippen LogP) is 4.90. The first-order chi connectivity index (χ1) is 32.4. The molecule has 0 unspecified atom stereocenters. The average molecular weight is 943 g/mol. The monoisotopic (exact) mass is 943 g/mol. The summed E-state index contributed by atoms with van der Waals surface area (Å²) in [7, 11) is 2.40. The van der Waals surface area contributed by atoms with E-state index in [-0.39, 0.29) is 18.4 Å². The van der Waals surface area contributed by atoms with E-state index in [1.54, 1.807) is 50.4 Å². The normalized spacial score (nSPS) is 14.9. The van der Waals surface area contributed by atoms with E-state index in [1.165, 1.54) is 12.0 Å². The van der Waals surface area contributed by atoms with Crippen LogP contribution in [0.2, 0.25) is 0 Å². The zero-order valence-corrected chi connectivity index (χ0v) is 40.7. The van der Waals surface area contributed by atoms with E-state index in [2.05, 4.69) is 36.5 Å². The number of nitrogens with one attached hydrogen (secondary N) is 5. The molecule has 68 heavy (non-hydrogen) atoms. The summed E-state index contributed by atoms with van der Waals surface area (Å²) in [6.07, 6.45) is 3.33. The first kappa shape index (κ1) is 54.2. The van der Waals surface area contributed by atoms with E-state index in [9.17, 15) is 33.6 Å². The summed E-state index contributed by atoms with van der Waals surface area (Å²) in [4.78, 5) is 102. The van der Waals surface area contributed by atoms with Gasteiger partial charge in [-0.3, -0.25) is 33.9 Å². The van der Waals surface area contributed by atoms with Crippen LogP contribution < -0.4 is 26.6 Å². The lowest BCUT2D eigenvalue weighted by molar-refractivity contribution is -0.152. The minimum Gasteiger partial charge on any atom is -0.469 e. The number of benzene rings is 2. The van der Waals surface area contributed by atoms with Gasteiger partial charge in [-0.25, -0.2) is 9.59 Å². The summed E-state index contributed by atoms with van der Waals surface area (Å²) in [5.74, 6) is -4.31. The van der Waals surface area contributed by atoms with Crippen LogP contribution in [-0.2, 0) is 55.9 Å². The Bertz CT molecular complexity index is 2150. The predicted molar refractivity (Wildman–Crippen MR) is 257 cm³/mol. The first-order valence-corrected chi connectivity index (χ1v) is 23.2. The van der Waals surface area contributed by atoms with Gasteiger partial charge in [-0.2, -0.15) is 0 Å². The maximum absolute atomic E-state index is 14.3. The molecule has 2 aromatic carbocycles. The molecule has 6 amide bonds. The highest BCUT2D eigenvalue weighted by atomic mass is 16.5. The molecule has 370 valence electrons. The van der Waals surface area contributed by atoms with Crippen molar-refractivity contribution in [3.8, 4) is 0 Å². The van der Waals surface area contributed by atoms with E-state index in [1.807, 2.05) is 64.1 Å². The van der Waals surface area contributed by atoms with Crippen LogP contribution in [0.25, 0.3) is 0 Å². The van der Waals surface area contributed by atoms with Gasteiger partial charge in [-0.15, -0.1) is 0 Å². The molecule has 0 aliphatic carbocycles. The van der Waals surface area contributed by atoms with Gasteiger partial charge < -0.3 is 45.7 Å². The number of aryl methyl sites for hydroxylation is 1. The Balaban J connectivity index is 1.50. The van der Waals surface area contributed by atoms with Gasteiger partial charge >= 0.3 is 18.0 Å². The van der Waals surface area contributed by atoms with Crippen LogP contribution in [0.3, 0.4) is 0 Å². The highest BCUT2D eigenvalue weighted by Gasteiger charge is 2.40. The first-order valence-electron chi connectivity index (χ1n) is 23.2. The van der Waals surface area contributed by atoms with Gasteiger partial charge in [0, 0.05) is 37.2 Å². The minimum absolute atomic E-state index is 0.113. The number of nitrogens with zero attached hydrogens (tertiary/aromatic N) is 3. The van der Waals surface area contributed by atoms with Crippen molar-refractivity contribution in [3.63, 3.8) is 0 Å². The van der Waals surface area contributed by atoms with Crippen molar-refractivity contribution in [1.82, 2.24) is 30.7 Å². The summed E-state index contributed by atoms with van der Waals surface area (Å²) in [5.41, 5.74) is 3.25. The Morgan fingerprint density at radius 2 is 1.53 bits per heavy atom. The largest absolute Gasteiger partial charge is 0.469 e. The van der Waals surface area contributed by atoms with E-state index >= 15 is 0 Å². The maximum atomic E-state index is 14.3. The molecule has 1 aliphatic rings. The fraction of sp³-hybridized carbons (Fsp3) is 0.520. The number of urea groups is 1. The highest BCUT2D eigenvalue weighted by Crippen LogP contribution is 2.22. The zero-order valence-electron chi connectivity index (χ0n) is 40.7. The number of rotatable bonds is 24. The van der Waals surface area contributed by atoms with Crippen molar-refractivity contribution in [2.75, 3.05) is 51.1 Å². The van der Waals surface area contributed by atoms with Gasteiger partial charge in [0.05, 0.1) is 45.0 Å². The molecule has 1 fully saturated rings. The molecule has 1 aliphatic heterocycles. The number of unbranched alkanes of at least 4 members (excludes halogenated alkanes) is 1. The minimum atomic E-state index is -1.49. The van der Waals surface area contributed by atoms with Gasteiger partial charge in [0.15, 0.2) is 0 Å². The van der Waals surface area contributed by atoms with Crippen molar-refractivity contribution in [1.29, 1.82) is 0 Å². The fourth-order valence-corrected chi connectivity index (χ4v) is 7.65. The fourth-order valence-electron chi connectivity index (χ4n) is 7.65. The number of carbonyl (C=O) groups excluding carboxylic acids is 7. The Morgan fingerprint density at radius 3 is 2.18 bits per heavy atom. The van der Waals surface area contributed by atoms with Crippen molar-refractivity contribution >= 4 is 53.0 Å². The molecule has 2 heterocycles. The number of ether oxygens (including phenoxy) is 3. The number of para-hydroxylation sites is 1. The molecule has 0 spiro atoms. The number of likely N-dealkylation sites (tertiary alicyclic amines) is 1. The van der Waals surface area contributed by atoms with E-state index in [0.29, 0.717) is 75.4 Å². The zero-order chi connectivity index (χ0) is 49.8. The van der Waals surface area contributed by atoms with Crippen molar-refractivity contribution in [2.45, 2.75) is 123 Å². The maximum Gasteiger partial charge on any atom is 0.328 e.